The van der Waals surface area contributed by atoms with Crippen molar-refractivity contribution >= 4 is 28.3 Å². The molecule has 3 aromatic carbocycles. The first kappa shape index (κ1) is 15.1. The van der Waals surface area contributed by atoms with Crippen LogP contribution in [0.15, 0.2) is 91.0 Å². The fourth-order valence-corrected chi connectivity index (χ4v) is 7.15. The van der Waals surface area contributed by atoms with Gasteiger partial charge in [0.05, 0.1) is 0 Å². The highest BCUT2D eigenvalue weighted by molar-refractivity contribution is 8.62. The second-order valence-electron chi connectivity index (χ2n) is 4.98. The zero-order valence-corrected chi connectivity index (χ0v) is 13.8. The van der Waals surface area contributed by atoms with Crippen LogP contribution >= 0.6 is 17.7 Å². The highest BCUT2D eigenvalue weighted by Gasteiger charge is 2.27. The summed E-state index contributed by atoms with van der Waals surface area (Å²) in [6, 6.07) is 29.8. The van der Waals surface area contributed by atoms with E-state index >= 15 is 0 Å². The van der Waals surface area contributed by atoms with Gasteiger partial charge in [-0.15, -0.1) is 0 Å². The molecule has 0 bridgehead atoms. The summed E-state index contributed by atoms with van der Waals surface area (Å²) < 4.78 is 13.8. The molecule has 0 aliphatic rings. The van der Waals surface area contributed by atoms with Crippen LogP contribution in [-0.2, 0) is 10.3 Å². The van der Waals surface area contributed by atoms with Crippen molar-refractivity contribution in [1.82, 2.24) is 0 Å². The van der Waals surface area contributed by atoms with E-state index < -0.39 is 6.34 Å². The van der Waals surface area contributed by atoms with Crippen molar-refractivity contribution in [3.05, 3.63) is 96.6 Å². The Kier molecular flexibility index (Phi) is 4.82. The third-order valence-electron chi connectivity index (χ3n) is 3.45. The summed E-state index contributed by atoms with van der Waals surface area (Å²) in [7, 11) is 0. The van der Waals surface area contributed by atoms with E-state index in [-0.39, 0.29) is 0 Å². The van der Waals surface area contributed by atoms with Crippen molar-refractivity contribution in [2.75, 3.05) is 0 Å². The topological polar surface area (TPSA) is 17.1 Å². The van der Waals surface area contributed by atoms with Crippen molar-refractivity contribution < 1.29 is 4.57 Å². The molecular formula is C19H17OPS. The lowest BCUT2D eigenvalue weighted by atomic mass is 10.2. The van der Waals surface area contributed by atoms with Gasteiger partial charge >= 0.3 is 0 Å². The van der Waals surface area contributed by atoms with Gasteiger partial charge in [-0.25, -0.2) is 0 Å². The average molecular weight is 324 g/mol. The van der Waals surface area contributed by atoms with Gasteiger partial charge in [-0.2, -0.15) is 0 Å². The maximum atomic E-state index is 13.8. The first-order valence-corrected chi connectivity index (χ1v) is 10.5. The van der Waals surface area contributed by atoms with E-state index in [4.69, 9.17) is 0 Å². The molecule has 0 heterocycles. The first-order valence-electron chi connectivity index (χ1n) is 7.19. The minimum absolute atomic E-state index is 0.738. The highest BCUT2D eigenvalue weighted by Crippen LogP contribution is 2.57. The Morgan fingerprint density at radius 3 is 1.50 bits per heavy atom. The van der Waals surface area contributed by atoms with E-state index in [1.54, 1.807) is 0 Å². The van der Waals surface area contributed by atoms with Gasteiger partial charge < -0.3 is 4.57 Å². The van der Waals surface area contributed by atoms with Gasteiger partial charge in [0.15, 0.2) is 6.34 Å². The third kappa shape index (κ3) is 3.35. The Balaban J connectivity index is 1.95. The summed E-state index contributed by atoms with van der Waals surface area (Å²) >= 11 is 1.54. The van der Waals surface area contributed by atoms with E-state index in [2.05, 4.69) is 12.1 Å². The van der Waals surface area contributed by atoms with Crippen molar-refractivity contribution in [1.29, 1.82) is 0 Å². The molecule has 0 unspecified atom stereocenters. The van der Waals surface area contributed by atoms with Gasteiger partial charge in [0, 0.05) is 16.4 Å². The minimum atomic E-state index is -2.67. The van der Waals surface area contributed by atoms with Gasteiger partial charge in [0.2, 0.25) is 0 Å². The molecule has 1 nitrogen and oxygen atoms in total. The average Bonchev–Trinajstić information content (AvgIpc) is 2.62. The molecule has 0 radical (unpaired) electrons. The maximum Gasteiger partial charge on any atom is 0.195 e. The van der Waals surface area contributed by atoms with Crippen LogP contribution in [0, 0.1) is 0 Å². The molecule has 0 spiro atoms. The highest BCUT2D eigenvalue weighted by atomic mass is 32.7. The fourth-order valence-electron chi connectivity index (χ4n) is 2.29. The molecule has 3 rings (SSSR count). The van der Waals surface area contributed by atoms with Crippen LogP contribution in [0.1, 0.15) is 5.56 Å². The van der Waals surface area contributed by atoms with E-state index in [0.29, 0.717) is 0 Å². The lowest BCUT2D eigenvalue weighted by Crippen LogP contribution is -2.13. The third-order valence-corrected chi connectivity index (χ3v) is 8.97. The molecule has 0 aliphatic carbocycles. The van der Waals surface area contributed by atoms with Crippen molar-refractivity contribution in [3.8, 4) is 0 Å². The first-order chi connectivity index (χ1) is 10.8. The summed E-state index contributed by atoms with van der Waals surface area (Å²) in [5.74, 6) is 0.738. The lowest BCUT2D eigenvalue weighted by molar-refractivity contribution is 0.595. The molecular weight excluding hydrogens is 307 g/mol. The SMILES string of the molecule is O=P(SCc1ccccc1)(c1ccccc1)c1ccccc1. The normalized spacial score (nSPS) is 11.3. The molecule has 0 saturated carbocycles. The number of rotatable bonds is 5. The summed E-state index contributed by atoms with van der Waals surface area (Å²) in [5, 5.41) is 1.81. The molecule has 0 atom stereocenters. The zero-order valence-electron chi connectivity index (χ0n) is 12.1. The molecule has 0 fully saturated rings. The Labute approximate surface area is 135 Å². The predicted octanol–water partition coefficient (Wildman–Crippen LogP) is 4.85. The Morgan fingerprint density at radius 1 is 0.636 bits per heavy atom. The van der Waals surface area contributed by atoms with Crippen molar-refractivity contribution in [2.24, 2.45) is 0 Å². The van der Waals surface area contributed by atoms with Gasteiger partial charge in [-0.05, 0) is 5.56 Å². The quantitative estimate of drug-likeness (QED) is 0.624. The monoisotopic (exact) mass is 324 g/mol. The molecule has 0 aliphatic heterocycles. The molecule has 110 valence electrons. The van der Waals surface area contributed by atoms with Crippen LogP contribution in [0.2, 0.25) is 0 Å². The van der Waals surface area contributed by atoms with Crippen LogP contribution < -0.4 is 10.6 Å². The van der Waals surface area contributed by atoms with Crippen LogP contribution in [0.25, 0.3) is 0 Å². The van der Waals surface area contributed by atoms with Gasteiger partial charge in [-0.3, -0.25) is 0 Å². The van der Waals surface area contributed by atoms with Gasteiger partial charge in [0.25, 0.3) is 0 Å². The lowest BCUT2D eigenvalue weighted by Gasteiger charge is -2.18. The second-order valence-corrected chi connectivity index (χ2v) is 9.98. The molecule has 3 heteroatoms. The van der Waals surface area contributed by atoms with Crippen LogP contribution in [0.5, 0.6) is 0 Å². The Bertz CT molecular complexity index is 714. The summed E-state index contributed by atoms with van der Waals surface area (Å²) in [4.78, 5) is 0. The predicted molar refractivity (Wildman–Crippen MR) is 97.5 cm³/mol. The van der Waals surface area contributed by atoms with Crippen LogP contribution in [0.4, 0.5) is 0 Å². The molecule has 3 aromatic rings. The molecule has 22 heavy (non-hydrogen) atoms. The van der Waals surface area contributed by atoms with E-state index in [1.807, 2.05) is 78.9 Å². The number of hydrogen-bond donors (Lipinski definition) is 0. The molecule has 0 saturated heterocycles. The number of hydrogen-bond acceptors (Lipinski definition) is 2. The van der Waals surface area contributed by atoms with E-state index in [0.717, 1.165) is 16.4 Å². The molecule has 0 N–H and O–H groups in total. The Hall–Kier alpha value is -1.76. The van der Waals surface area contributed by atoms with Gasteiger partial charge in [0.1, 0.15) is 0 Å². The molecule has 0 amide bonds. The van der Waals surface area contributed by atoms with Crippen LogP contribution in [0.3, 0.4) is 0 Å². The van der Waals surface area contributed by atoms with E-state index in [1.165, 1.54) is 16.9 Å². The smallest absolute Gasteiger partial charge is 0.195 e. The largest absolute Gasteiger partial charge is 0.302 e. The summed E-state index contributed by atoms with van der Waals surface area (Å²) in [6.45, 7) is 0. The second kappa shape index (κ2) is 7.00. The van der Waals surface area contributed by atoms with Crippen LogP contribution in [-0.4, -0.2) is 0 Å². The zero-order chi connectivity index (χ0) is 15.3. The van der Waals surface area contributed by atoms with E-state index in [9.17, 15) is 4.57 Å². The summed E-state index contributed by atoms with van der Waals surface area (Å²) in [5.41, 5.74) is 1.19. The Morgan fingerprint density at radius 2 is 1.05 bits per heavy atom. The van der Waals surface area contributed by atoms with Crippen molar-refractivity contribution in [2.45, 2.75) is 5.75 Å². The molecule has 0 aromatic heterocycles. The minimum Gasteiger partial charge on any atom is -0.302 e. The summed E-state index contributed by atoms with van der Waals surface area (Å²) in [6.07, 6.45) is -2.67. The number of benzene rings is 3. The standard InChI is InChI=1S/C19H17OPS/c20-21(18-12-6-2-7-13-18,19-14-8-3-9-15-19)22-16-17-10-4-1-5-11-17/h1-15H,16H2. The maximum absolute atomic E-state index is 13.8. The van der Waals surface area contributed by atoms with Crippen molar-refractivity contribution in [3.63, 3.8) is 0 Å². The van der Waals surface area contributed by atoms with Gasteiger partial charge in [-0.1, -0.05) is 102 Å². The fraction of sp³-hybridized carbons (Fsp3) is 0.0526.